The minimum absolute atomic E-state index is 0.642. The van der Waals surface area contributed by atoms with Crippen LogP contribution in [0, 0.1) is 0 Å². The van der Waals surface area contributed by atoms with Gasteiger partial charge in [0.25, 0.3) is 0 Å². The molecule has 0 aliphatic carbocycles. The summed E-state index contributed by atoms with van der Waals surface area (Å²) < 4.78 is 3.01. The number of aromatic nitrogens is 1. The zero-order chi connectivity index (χ0) is 11.4. The molecule has 3 nitrogen and oxygen atoms in total. The molecule has 1 unspecified atom stereocenters. The molecule has 0 spiro atoms. The number of hydrogen-bond donors (Lipinski definition) is 2. The molecular weight excluding hydrogens is 240 g/mol. The molecule has 1 atom stereocenters. The smallest absolute Gasteiger partial charge is 0.132 e. The molecule has 0 radical (unpaired) electrons. The number of benzene rings is 1. The minimum atomic E-state index is -0.642. The summed E-state index contributed by atoms with van der Waals surface area (Å²) in [6.45, 7) is 0. The predicted octanol–water partition coefficient (Wildman–Crippen LogP) is 2.45. The molecule has 2 rings (SSSR count). The van der Waals surface area contributed by atoms with Crippen LogP contribution in [0.1, 0.15) is 16.7 Å². The molecule has 16 heavy (non-hydrogen) atoms. The fourth-order valence-corrected chi connectivity index (χ4v) is 2.71. The average Bonchev–Trinajstić information content (AvgIpc) is 2.83. The number of hydrogen-bond acceptors (Lipinski definition) is 5. The van der Waals surface area contributed by atoms with Gasteiger partial charge in [0, 0.05) is 22.0 Å². The molecule has 5 heteroatoms. The fourth-order valence-electron chi connectivity index (χ4n) is 1.41. The number of thiazole rings is 1. The Morgan fingerprint density at radius 2 is 2.25 bits per heavy atom. The van der Waals surface area contributed by atoms with Gasteiger partial charge in [-0.3, -0.25) is 4.72 Å². The van der Waals surface area contributed by atoms with Crippen molar-refractivity contribution in [1.29, 1.82) is 0 Å². The Labute approximate surface area is 103 Å². The molecule has 1 aromatic carbocycles. The highest BCUT2D eigenvalue weighted by Gasteiger charge is 2.16. The van der Waals surface area contributed by atoms with Gasteiger partial charge in [0.15, 0.2) is 0 Å². The van der Waals surface area contributed by atoms with Crippen LogP contribution in [0.4, 0.5) is 0 Å². The standard InChI is InChI=1S/C11H12N2OS2/c1-12-16-9-5-3-2-4-8(9)10(14)11-13-6-7-15-11/h2-7,10,12,14H,1H3. The van der Waals surface area contributed by atoms with Gasteiger partial charge >= 0.3 is 0 Å². The number of nitrogens with one attached hydrogen (secondary N) is 1. The summed E-state index contributed by atoms with van der Waals surface area (Å²) in [5.74, 6) is 0. The van der Waals surface area contributed by atoms with Crippen LogP contribution in [0.25, 0.3) is 0 Å². The van der Waals surface area contributed by atoms with E-state index in [1.165, 1.54) is 23.3 Å². The van der Waals surface area contributed by atoms with E-state index in [1.54, 1.807) is 6.20 Å². The fraction of sp³-hybridized carbons (Fsp3) is 0.182. The van der Waals surface area contributed by atoms with E-state index in [9.17, 15) is 5.11 Å². The highest BCUT2D eigenvalue weighted by atomic mass is 32.2. The summed E-state index contributed by atoms with van der Waals surface area (Å²) in [6, 6.07) is 7.78. The molecule has 0 amide bonds. The van der Waals surface area contributed by atoms with E-state index in [-0.39, 0.29) is 0 Å². The van der Waals surface area contributed by atoms with Crippen molar-refractivity contribution in [3.05, 3.63) is 46.4 Å². The molecule has 0 bridgehead atoms. The molecule has 0 saturated heterocycles. The zero-order valence-corrected chi connectivity index (χ0v) is 10.4. The lowest BCUT2D eigenvalue weighted by Crippen LogP contribution is -2.02. The maximum absolute atomic E-state index is 10.2. The van der Waals surface area contributed by atoms with Crippen LogP contribution in [0.2, 0.25) is 0 Å². The van der Waals surface area contributed by atoms with Crippen molar-refractivity contribution in [1.82, 2.24) is 9.71 Å². The molecule has 2 N–H and O–H groups in total. The van der Waals surface area contributed by atoms with Crippen molar-refractivity contribution in [3.8, 4) is 0 Å². The van der Waals surface area contributed by atoms with Crippen molar-refractivity contribution >= 4 is 23.3 Å². The van der Waals surface area contributed by atoms with E-state index in [1.807, 2.05) is 36.7 Å². The van der Waals surface area contributed by atoms with E-state index in [2.05, 4.69) is 9.71 Å². The van der Waals surface area contributed by atoms with Crippen LogP contribution in [0.15, 0.2) is 40.7 Å². The second kappa shape index (κ2) is 5.45. The summed E-state index contributed by atoms with van der Waals surface area (Å²) in [5.41, 5.74) is 0.886. The van der Waals surface area contributed by atoms with E-state index in [0.29, 0.717) is 0 Å². The Kier molecular flexibility index (Phi) is 3.95. The largest absolute Gasteiger partial charge is 0.381 e. The Morgan fingerprint density at radius 1 is 1.44 bits per heavy atom. The van der Waals surface area contributed by atoms with Gasteiger partial charge in [-0.2, -0.15) is 0 Å². The van der Waals surface area contributed by atoms with E-state index < -0.39 is 6.10 Å². The van der Waals surface area contributed by atoms with E-state index in [0.717, 1.165) is 15.5 Å². The molecule has 84 valence electrons. The van der Waals surface area contributed by atoms with Crippen molar-refractivity contribution in [3.63, 3.8) is 0 Å². The lowest BCUT2D eigenvalue weighted by Gasteiger charge is -2.12. The second-order valence-corrected chi connectivity index (χ2v) is 5.10. The SMILES string of the molecule is CNSc1ccccc1C(O)c1nccs1. The highest BCUT2D eigenvalue weighted by Crippen LogP contribution is 2.30. The van der Waals surface area contributed by atoms with Gasteiger partial charge in [0.2, 0.25) is 0 Å². The summed E-state index contributed by atoms with van der Waals surface area (Å²) in [4.78, 5) is 5.15. The molecule has 0 aliphatic rings. The Balaban J connectivity index is 2.32. The van der Waals surface area contributed by atoms with Crippen molar-refractivity contribution < 1.29 is 5.11 Å². The van der Waals surface area contributed by atoms with E-state index in [4.69, 9.17) is 0 Å². The predicted molar refractivity (Wildman–Crippen MR) is 67.5 cm³/mol. The quantitative estimate of drug-likeness (QED) is 0.820. The Morgan fingerprint density at radius 3 is 2.94 bits per heavy atom. The van der Waals surface area contributed by atoms with Crippen LogP contribution >= 0.6 is 23.3 Å². The maximum atomic E-state index is 10.2. The summed E-state index contributed by atoms with van der Waals surface area (Å²) in [7, 11) is 1.86. The summed E-state index contributed by atoms with van der Waals surface area (Å²) >= 11 is 2.96. The Bertz CT molecular complexity index is 445. The molecule has 1 heterocycles. The van der Waals surface area contributed by atoms with Gasteiger partial charge in [-0.05, 0) is 25.1 Å². The molecule has 2 aromatic rings. The number of aliphatic hydroxyl groups is 1. The van der Waals surface area contributed by atoms with Crippen LogP contribution in [0.3, 0.4) is 0 Å². The first-order valence-electron chi connectivity index (χ1n) is 4.83. The number of rotatable bonds is 4. The third-order valence-electron chi connectivity index (χ3n) is 2.11. The zero-order valence-electron chi connectivity index (χ0n) is 8.75. The molecule has 0 fully saturated rings. The van der Waals surface area contributed by atoms with Gasteiger partial charge < -0.3 is 5.11 Å². The highest BCUT2D eigenvalue weighted by molar-refractivity contribution is 7.97. The van der Waals surface area contributed by atoms with Gasteiger partial charge in [0.1, 0.15) is 11.1 Å². The third-order valence-corrected chi connectivity index (χ3v) is 3.73. The van der Waals surface area contributed by atoms with Crippen molar-refractivity contribution in [2.75, 3.05) is 7.05 Å². The van der Waals surface area contributed by atoms with Crippen LogP contribution < -0.4 is 4.72 Å². The van der Waals surface area contributed by atoms with Gasteiger partial charge in [-0.15, -0.1) is 11.3 Å². The van der Waals surface area contributed by atoms with Crippen LogP contribution in [0.5, 0.6) is 0 Å². The Hall–Kier alpha value is -0.880. The first-order valence-corrected chi connectivity index (χ1v) is 6.52. The van der Waals surface area contributed by atoms with Gasteiger partial charge in [-0.1, -0.05) is 18.2 Å². The lowest BCUT2D eigenvalue weighted by atomic mass is 10.1. The number of aliphatic hydroxyl groups excluding tert-OH is 1. The monoisotopic (exact) mass is 252 g/mol. The lowest BCUT2D eigenvalue weighted by molar-refractivity contribution is 0.217. The normalized spacial score (nSPS) is 12.6. The summed E-state index contributed by atoms with van der Waals surface area (Å²) in [6.07, 6.45) is 1.06. The van der Waals surface area contributed by atoms with Gasteiger partial charge in [-0.25, -0.2) is 4.98 Å². The molecular formula is C11H12N2OS2. The van der Waals surface area contributed by atoms with Crippen molar-refractivity contribution in [2.45, 2.75) is 11.0 Å². The topological polar surface area (TPSA) is 45.1 Å². The molecule has 0 aliphatic heterocycles. The van der Waals surface area contributed by atoms with Crippen LogP contribution in [-0.2, 0) is 0 Å². The third kappa shape index (κ3) is 2.44. The first-order chi connectivity index (χ1) is 7.83. The second-order valence-electron chi connectivity index (χ2n) is 3.12. The average molecular weight is 252 g/mol. The number of nitrogens with zero attached hydrogens (tertiary/aromatic N) is 1. The minimum Gasteiger partial charge on any atom is -0.381 e. The molecule has 0 saturated carbocycles. The summed E-state index contributed by atoms with van der Waals surface area (Å²) in [5, 5.41) is 12.8. The van der Waals surface area contributed by atoms with Crippen molar-refractivity contribution in [2.24, 2.45) is 0 Å². The van der Waals surface area contributed by atoms with E-state index >= 15 is 0 Å². The van der Waals surface area contributed by atoms with Gasteiger partial charge in [0.05, 0.1) is 0 Å². The van der Waals surface area contributed by atoms with Crippen LogP contribution in [-0.4, -0.2) is 17.1 Å². The maximum Gasteiger partial charge on any atom is 0.132 e. The molecule has 1 aromatic heterocycles. The first kappa shape index (κ1) is 11.6.